The first-order valence-corrected chi connectivity index (χ1v) is 7.33. The van der Waals surface area contributed by atoms with E-state index in [0.29, 0.717) is 6.61 Å². The highest BCUT2D eigenvalue weighted by atomic mass is 16.5. The number of hydrogen-bond acceptors (Lipinski definition) is 3. The van der Waals surface area contributed by atoms with Gasteiger partial charge in [0.05, 0.1) is 13.2 Å². The monoisotopic (exact) mass is 285 g/mol. The summed E-state index contributed by atoms with van der Waals surface area (Å²) >= 11 is 0. The minimum atomic E-state index is 0.715. The molecule has 21 heavy (non-hydrogen) atoms. The van der Waals surface area contributed by atoms with Crippen LogP contribution in [-0.4, -0.2) is 20.3 Å². The van der Waals surface area contributed by atoms with Gasteiger partial charge in [0.15, 0.2) is 0 Å². The van der Waals surface area contributed by atoms with Gasteiger partial charge in [0.2, 0.25) is 0 Å². The first-order chi connectivity index (χ1) is 10.3. The van der Waals surface area contributed by atoms with E-state index in [4.69, 9.17) is 15.2 Å². The molecule has 0 fully saturated rings. The SMILES string of the molecule is COCCc1ccc(OCCCc2cccc(N)c2)cc1. The highest BCUT2D eigenvalue weighted by Gasteiger charge is 1.98. The Labute approximate surface area is 126 Å². The molecule has 2 N–H and O–H groups in total. The molecular formula is C18H23NO2. The van der Waals surface area contributed by atoms with E-state index in [1.807, 2.05) is 30.3 Å². The first-order valence-electron chi connectivity index (χ1n) is 7.33. The lowest BCUT2D eigenvalue weighted by atomic mass is 10.1. The Kier molecular flexibility index (Phi) is 6.10. The Bertz CT molecular complexity index is 537. The zero-order valence-electron chi connectivity index (χ0n) is 12.5. The van der Waals surface area contributed by atoms with Gasteiger partial charge in [-0.05, 0) is 54.7 Å². The molecule has 0 aliphatic rings. The number of ether oxygens (including phenoxy) is 2. The fourth-order valence-corrected chi connectivity index (χ4v) is 2.19. The van der Waals surface area contributed by atoms with Crippen LogP contribution in [0, 0.1) is 0 Å². The van der Waals surface area contributed by atoms with Crippen LogP contribution < -0.4 is 10.5 Å². The van der Waals surface area contributed by atoms with Crippen molar-refractivity contribution in [2.75, 3.05) is 26.1 Å². The summed E-state index contributed by atoms with van der Waals surface area (Å²) in [6.07, 6.45) is 2.90. The predicted molar refractivity (Wildman–Crippen MR) is 86.7 cm³/mol. The maximum atomic E-state index is 5.76. The number of benzene rings is 2. The lowest BCUT2D eigenvalue weighted by Gasteiger charge is -2.07. The molecule has 0 unspecified atom stereocenters. The molecular weight excluding hydrogens is 262 g/mol. The summed E-state index contributed by atoms with van der Waals surface area (Å²) in [5.74, 6) is 0.920. The molecule has 2 aromatic carbocycles. The Hall–Kier alpha value is -2.00. The zero-order valence-corrected chi connectivity index (χ0v) is 12.5. The van der Waals surface area contributed by atoms with Crippen LogP contribution in [0.4, 0.5) is 5.69 Å². The second kappa shape index (κ2) is 8.32. The van der Waals surface area contributed by atoms with E-state index in [9.17, 15) is 0 Å². The first kappa shape index (κ1) is 15.4. The molecule has 0 aromatic heterocycles. The molecule has 112 valence electrons. The van der Waals surface area contributed by atoms with Gasteiger partial charge in [0, 0.05) is 12.8 Å². The summed E-state index contributed by atoms with van der Waals surface area (Å²) in [5, 5.41) is 0. The predicted octanol–water partition coefficient (Wildman–Crippen LogP) is 3.47. The quantitative estimate of drug-likeness (QED) is 0.596. The van der Waals surface area contributed by atoms with Crippen molar-refractivity contribution in [3.05, 3.63) is 59.7 Å². The zero-order chi connectivity index (χ0) is 14.9. The fourth-order valence-electron chi connectivity index (χ4n) is 2.19. The Morgan fingerprint density at radius 2 is 1.71 bits per heavy atom. The van der Waals surface area contributed by atoms with Crippen LogP contribution in [0.25, 0.3) is 0 Å². The standard InChI is InChI=1S/C18H23NO2/c1-20-13-11-15-7-9-18(10-8-15)21-12-3-5-16-4-2-6-17(19)14-16/h2,4,6-10,14H,3,5,11-13,19H2,1H3. The van der Waals surface area contributed by atoms with Gasteiger partial charge in [0.25, 0.3) is 0 Å². The van der Waals surface area contributed by atoms with Gasteiger partial charge in [-0.2, -0.15) is 0 Å². The molecule has 0 aliphatic carbocycles. The third-order valence-electron chi connectivity index (χ3n) is 3.35. The van der Waals surface area contributed by atoms with Gasteiger partial charge in [-0.25, -0.2) is 0 Å². The second-order valence-corrected chi connectivity index (χ2v) is 5.08. The molecule has 0 heterocycles. The molecule has 2 aromatic rings. The molecule has 0 atom stereocenters. The van der Waals surface area contributed by atoms with Gasteiger partial charge < -0.3 is 15.2 Å². The number of nitrogen functional groups attached to an aromatic ring is 1. The molecule has 0 amide bonds. The molecule has 0 saturated heterocycles. The minimum absolute atomic E-state index is 0.715. The molecule has 0 bridgehead atoms. The van der Waals surface area contributed by atoms with Crippen LogP contribution in [-0.2, 0) is 17.6 Å². The van der Waals surface area contributed by atoms with Crippen molar-refractivity contribution in [1.82, 2.24) is 0 Å². The van der Waals surface area contributed by atoms with Gasteiger partial charge in [0.1, 0.15) is 5.75 Å². The molecule has 0 spiro atoms. The largest absolute Gasteiger partial charge is 0.494 e. The van der Waals surface area contributed by atoms with Crippen molar-refractivity contribution in [2.45, 2.75) is 19.3 Å². The van der Waals surface area contributed by atoms with Crippen molar-refractivity contribution in [3.63, 3.8) is 0 Å². The van der Waals surface area contributed by atoms with Crippen LogP contribution >= 0.6 is 0 Å². The Balaban J connectivity index is 1.71. The number of anilines is 1. The van der Waals surface area contributed by atoms with E-state index in [1.165, 1.54) is 11.1 Å². The highest BCUT2D eigenvalue weighted by molar-refractivity contribution is 5.40. The van der Waals surface area contributed by atoms with E-state index < -0.39 is 0 Å². The molecule has 3 heteroatoms. The number of methoxy groups -OCH3 is 1. The number of nitrogens with two attached hydrogens (primary N) is 1. The topological polar surface area (TPSA) is 44.5 Å². The number of aryl methyl sites for hydroxylation is 1. The molecule has 0 saturated carbocycles. The van der Waals surface area contributed by atoms with Gasteiger partial charge >= 0.3 is 0 Å². The van der Waals surface area contributed by atoms with E-state index in [1.54, 1.807) is 7.11 Å². The van der Waals surface area contributed by atoms with Gasteiger partial charge in [-0.1, -0.05) is 24.3 Å². The van der Waals surface area contributed by atoms with Crippen molar-refractivity contribution in [2.24, 2.45) is 0 Å². The van der Waals surface area contributed by atoms with Gasteiger partial charge in [-0.3, -0.25) is 0 Å². The third kappa shape index (κ3) is 5.48. The van der Waals surface area contributed by atoms with Gasteiger partial charge in [-0.15, -0.1) is 0 Å². The maximum Gasteiger partial charge on any atom is 0.119 e. The van der Waals surface area contributed by atoms with E-state index >= 15 is 0 Å². The molecule has 0 aliphatic heterocycles. The molecule has 2 rings (SSSR count). The highest BCUT2D eigenvalue weighted by Crippen LogP contribution is 2.14. The second-order valence-electron chi connectivity index (χ2n) is 5.08. The average Bonchev–Trinajstić information content (AvgIpc) is 2.51. The fraction of sp³-hybridized carbons (Fsp3) is 0.333. The van der Waals surface area contributed by atoms with Crippen molar-refractivity contribution in [1.29, 1.82) is 0 Å². The molecule has 0 radical (unpaired) electrons. The van der Waals surface area contributed by atoms with Crippen molar-refractivity contribution in [3.8, 4) is 5.75 Å². The lowest BCUT2D eigenvalue weighted by molar-refractivity contribution is 0.202. The van der Waals surface area contributed by atoms with Crippen LogP contribution in [0.1, 0.15) is 17.5 Å². The normalized spacial score (nSPS) is 10.5. The molecule has 3 nitrogen and oxygen atoms in total. The minimum Gasteiger partial charge on any atom is -0.494 e. The lowest BCUT2D eigenvalue weighted by Crippen LogP contribution is -2.00. The van der Waals surface area contributed by atoms with Crippen LogP contribution in [0.2, 0.25) is 0 Å². The van der Waals surface area contributed by atoms with Crippen LogP contribution in [0.5, 0.6) is 5.75 Å². The van der Waals surface area contributed by atoms with E-state index in [0.717, 1.165) is 37.3 Å². The Morgan fingerprint density at radius 3 is 2.43 bits per heavy atom. The summed E-state index contributed by atoms with van der Waals surface area (Å²) in [7, 11) is 1.72. The average molecular weight is 285 g/mol. The summed E-state index contributed by atoms with van der Waals surface area (Å²) in [6, 6.07) is 16.2. The summed E-state index contributed by atoms with van der Waals surface area (Å²) < 4.78 is 10.8. The summed E-state index contributed by atoms with van der Waals surface area (Å²) in [6.45, 7) is 1.46. The smallest absolute Gasteiger partial charge is 0.119 e. The van der Waals surface area contributed by atoms with Crippen LogP contribution in [0.15, 0.2) is 48.5 Å². The summed E-state index contributed by atoms with van der Waals surface area (Å²) in [5.41, 5.74) is 9.11. The van der Waals surface area contributed by atoms with Crippen LogP contribution in [0.3, 0.4) is 0 Å². The number of hydrogen-bond donors (Lipinski definition) is 1. The maximum absolute atomic E-state index is 5.76. The number of rotatable bonds is 8. The Morgan fingerprint density at radius 1 is 0.905 bits per heavy atom. The third-order valence-corrected chi connectivity index (χ3v) is 3.35. The van der Waals surface area contributed by atoms with E-state index in [2.05, 4.69) is 18.2 Å². The van der Waals surface area contributed by atoms with Crippen molar-refractivity contribution < 1.29 is 9.47 Å². The van der Waals surface area contributed by atoms with E-state index in [-0.39, 0.29) is 0 Å². The summed E-state index contributed by atoms with van der Waals surface area (Å²) in [4.78, 5) is 0. The van der Waals surface area contributed by atoms with Crippen molar-refractivity contribution >= 4 is 5.69 Å².